The van der Waals surface area contributed by atoms with E-state index in [1.165, 1.54) is 18.5 Å². The Labute approximate surface area is 76.7 Å². The topological polar surface area (TPSA) is 58.5 Å². The molecule has 1 atom stereocenters. The molecule has 0 fully saturated rings. The third-order valence-electron chi connectivity index (χ3n) is 1.70. The number of nitrogens with one attached hydrogen (secondary N) is 1. The lowest BCUT2D eigenvalue weighted by molar-refractivity contribution is -0.128. The number of amides is 1. The van der Waals surface area contributed by atoms with Crippen LogP contribution in [0.5, 0.6) is 0 Å². The van der Waals surface area contributed by atoms with Crippen molar-refractivity contribution in [3.8, 4) is 0 Å². The Balaban J connectivity index is 2.51. The summed E-state index contributed by atoms with van der Waals surface area (Å²) in [5.41, 5.74) is 0. The maximum Gasteiger partial charge on any atom is 0.236 e. The van der Waals surface area contributed by atoms with E-state index in [-0.39, 0.29) is 11.7 Å². The summed E-state index contributed by atoms with van der Waals surface area (Å²) in [7, 11) is 0. The summed E-state index contributed by atoms with van der Waals surface area (Å²) in [5, 5.41) is 2.65. The van der Waals surface area contributed by atoms with Gasteiger partial charge in [0.2, 0.25) is 5.91 Å². The van der Waals surface area contributed by atoms with Crippen molar-refractivity contribution in [1.82, 2.24) is 5.32 Å². The zero-order chi connectivity index (χ0) is 9.68. The van der Waals surface area contributed by atoms with Crippen molar-refractivity contribution in [1.29, 1.82) is 0 Å². The van der Waals surface area contributed by atoms with Crippen LogP contribution in [0.3, 0.4) is 0 Å². The average molecular weight is 180 g/mol. The highest BCUT2D eigenvalue weighted by Gasteiger charge is 2.23. The standard InChI is InChI=1S/C9H12N2O2/c1-2-4-11-9(13)7-6-10-5-3-8(7)12/h3,5-7H,2,4H2,1H3,(H,11,13). The third-order valence-corrected chi connectivity index (χ3v) is 1.70. The van der Waals surface area contributed by atoms with E-state index in [9.17, 15) is 9.59 Å². The van der Waals surface area contributed by atoms with Gasteiger partial charge in [-0.05, 0) is 6.42 Å². The Morgan fingerprint density at radius 2 is 2.46 bits per heavy atom. The SMILES string of the molecule is CCCNC(=O)C1C=NC=CC1=O. The number of allylic oxidation sites excluding steroid dienone is 1. The fraction of sp³-hybridized carbons (Fsp3) is 0.444. The molecule has 70 valence electrons. The summed E-state index contributed by atoms with van der Waals surface area (Å²) in [6.45, 7) is 2.55. The maximum absolute atomic E-state index is 11.3. The molecule has 0 radical (unpaired) electrons. The van der Waals surface area contributed by atoms with Crippen LogP contribution in [-0.2, 0) is 9.59 Å². The van der Waals surface area contributed by atoms with E-state index < -0.39 is 5.92 Å². The van der Waals surface area contributed by atoms with Crippen LogP contribution in [0.25, 0.3) is 0 Å². The second-order valence-corrected chi connectivity index (χ2v) is 2.78. The predicted molar refractivity (Wildman–Crippen MR) is 49.4 cm³/mol. The molecule has 0 aliphatic carbocycles. The molecule has 0 bridgehead atoms. The molecule has 0 aromatic heterocycles. The van der Waals surface area contributed by atoms with E-state index in [4.69, 9.17) is 0 Å². The Bertz CT molecular complexity index is 269. The van der Waals surface area contributed by atoms with Crippen LogP contribution >= 0.6 is 0 Å². The normalized spacial score (nSPS) is 20.4. The van der Waals surface area contributed by atoms with E-state index in [0.29, 0.717) is 6.54 Å². The molecule has 0 aromatic rings. The highest BCUT2D eigenvalue weighted by Crippen LogP contribution is 2.02. The van der Waals surface area contributed by atoms with Gasteiger partial charge in [-0.1, -0.05) is 6.92 Å². The van der Waals surface area contributed by atoms with Crippen LogP contribution in [-0.4, -0.2) is 24.4 Å². The van der Waals surface area contributed by atoms with E-state index in [2.05, 4.69) is 10.3 Å². The summed E-state index contributed by atoms with van der Waals surface area (Å²) in [6, 6.07) is 0. The summed E-state index contributed by atoms with van der Waals surface area (Å²) in [4.78, 5) is 26.2. The Kier molecular flexibility index (Phi) is 3.37. The summed E-state index contributed by atoms with van der Waals surface area (Å²) >= 11 is 0. The molecule has 1 amide bonds. The summed E-state index contributed by atoms with van der Waals surface area (Å²) < 4.78 is 0. The Morgan fingerprint density at radius 1 is 1.69 bits per heavy atom. The molecule has 1 heterocycles. The lowest BCUT2D eigenvalue weighted by Gasteiger charge is -2.10. The largest absolute Gasteiger partial charge is 0.355 e. The molecule has 1 N–H and O–H groups in total. The number of rotatable bonds is 3. The Hall–Kier alpha value is -1.45. The van der Waals surface area contributed by atoms with Crippen LogP contribution in [0.4, 0.5) is 0 Å². The molecule has 0 spiro atoms. The van der Waals surface area contributed by atoms with Crippen molar-refractivity contribution in [2.45, 2.75) is 13.3 Å². The van der Waals surface area contributed by atoms with Crippen molar-refractivity contribution in [3.63, 3.8) is 0 Å². The minimum Gasteiger partial charge on any atom is -0.355 e. The van der Waals surface area contributed by atoms with Gasteiger partial charge < -0.3 is 5.32 Å². The minimum atomic E-state index is -0.725. The van der Waals surface area contributed by atoms with Gasteiger partial charge in [-0.3, -0.25) is 14.6 Å². The van der Waals surface area contributed by atoms with Crippen LogP contribution in [0.15, 0.2) is 17.3 Å². The molecule has 1 rings (SSSR count). The quantitative estimate of drug-likeness (QED) is 0.635. The first kappa shape index (κ1) is 9.64. The van der Waals surface area contributed by atoms with Crippen molar-refractivity contribution in [2.24, 2.45) is 10.9 Å². The number of hydrogen-bond donors (Lipinski definition) is 1. The van der Waals surface area contributed by atoms with Crippen LogP contribution in [0.1, 0.15) is 13.3 Å². The third kappa shape index (κ3) is 2.50. The van der Waals surface area contributed by atoms with Crippen molar-refractivity contribution >= 4 is 17.9 Å². The molecule has 13 heavy (non-hydrogen) atoms. The van der Waals surface area contributed by atoms with Gasteiger partial charge in [0.15, 0.2) is 5.78 Å². The molecule has 1 aliphatic rings. The smallest absolute Gasteiger partial charge is 0.236 e. The van der Waals surface area contributed by atoms with E-state index in [1.807, 2.05) is 6.92 Å². The van der Waals surface area contributed by atoms with E-state index >= 15 is 0 Å². The van der Waals surface area contributed by atoms with Crippen LogP contribution in [0.2, 0.25) is 0 Å². The fourth-order valence-electron chi connectivity index (χ4n) is 0.984. The number of carbonyl (C=O) groups is 2. The first-order valence-electron chi connectivity index (χ1n) is 4.27. The number of carbonyl (C=O) groups excluding carboxylic acids is 2. The van der Waals surface area contributed by atoms with Crippen molar-refractivity contribution in [2.75, 3.05) is 6.54 Å². The highest BCUT2D eigenvalue weighted by molar-refractivity contribution is 6.18. The molecule has 4 nitrogen and oxygen atoms in total. The molecule has 1 aliphatic heterocycles. The lowest BCUT2D eigenvalue weighted by atomic mass is 10.0. The van der Waals surface area contributed by atoms with Gasteiger partial charge in [-0.2, -0.15) is 0 Å². The number of hydrogen-bond acceptors (Lipinski definition) is 3. The zero-order valence-corrected chi connectivity index (χ0v) is 7.49. The highest BCUT2D eigenvalue weighted by atomic mass is 16.2. The molecule has 0 saturated heterocycles. The van der Waals surface area contributed by atoms with Gasteiger partial charge in [0, 0.05) is 25.0 Å². The molecule has 4 heteroatoms. The first-order chi connectivity index (χ1) is 6.25. The van der Waals surface area contributed by atoms with Crippen molar-refractivity contribution in [3.05, 3.63) is 12.3 Å². The Morgan fingerprint density at radius 3 is 3.08 bits per heavy atom. The van der Waals surface area contributed by atoms with E-state index in [0.717, 1.165) is 6.42 Å². The molecular formula is C9H12N2O2. The zero-order valence-electron chi connectivity index (χ0n) is 7.49. The number of aliphatic imine (C=N–C) groups is 1. The second kappa shape index (κ2) is 4.54. The van der Waals surface area contributed by atoms with Crippen molar-refractivity contribution < 1.29 is 9.59 Å². The average Bonchev–Trinajstić information content (AvgIpc) is 2.15. The maximum atomic E-state index is 11.3. The summed E-state index contributed by atoms with van der Waals surface area (Å²) in [5.74, 6) is -1.19. The second-order valence-electron chi connectivity index (χ2n) is 2.78. The first-order valence-corrected chi connectivity index (χ1v) is 4.27. The fourth-order valence-corrected chi connectivity index (χ4v) is 0.984. The van der Waals surface area contributed by atoms with Gasteiger partial charge in [0.05, 0.1) is 0 Å². The lowest BCUT2D eigenvalue weighted by Crippen LogP contribution is -2.36. The van der Waals surface area contributed by atoms with Gasteiger partial charge in [0.25, 0.3) is 0 Å². The molecule has 0 saturated carbocycles. The summed E-state index contributed by atoms with van der Waals surface area (Å²) in [6.07, 6.45) is 4.94. The van der Waals surface area contributed by atoms with E-state index in [1.54, 1.807) is 0 Å². The predicted octanol–water partition coefficient (Wildman–Crippen LogP) is 0.296. The molecule has 0 aromatic carbocycles. The van der Waals surface area contributed by atoms with Crippen LogP contribution in [0, 0.1) is 5.92 Å². The number of nitrogens with zero attached hydrogens (tertiary/aromatic N) is 1. The van der Waals surface area contributed by atoms with Crippen LogP contribution < -0.4 is 5.32 Å². The molecular weight excluding hydrogens is 168 g/mol. The minimum absolute atomic E-state index is 0.205. The molecule has 1 unspecified atom stereocenters. The van der Waals surface area contributed by atoms with Gasteiger partial charge >= 0.3 is 0 Å². The number of ketones is 1. The monoisotopic (exact) mass is 180 g/mol. The van der Waals surface area contributed by atoms with Gasteiger partial charge in [0.1, 0.15) is 5.92 Å². The van der Waals surface area contributed by atoms with Gasteiger partial charge in [-0.15, -0.1) is 0 Å². The van der Waals surface area contributed by atoms with Gasteiger partial charge in [-0.25, -0.2) is 0 Å².